The summed E-state index contributed by atoms with van der Waals surface area (Å²) in [5, 5.41) is 24.9. The zero-order valence-electron chi connectivity index (χ0n) is 17.3. The van der Waals surface area contributed by atoms with Crippen LogP contribution in [-0.4, -0.2) is 33.1 Å². The molecule has 1 atom stereocenters. The highest BCUT2D eigenvalue weighted by Gasteiger charge is 2.17. The number of nitrogens with one attached hydrogen (secondary N) is 2. The van der Waals surface area contributed by atoms with Crippen LogP contribution in [0.4, 0.5) is 17.1 Å². The highest BCUT2D eigenvalue weighted by atomic mass is 32.2. The van der Waals surface area contributed by atoms with Crippen molar-refractivity contribution in [2.75, 3.05) is 10.6 Å². The van der Waals surface area contributed by atoms with E-state index in [2.05, 4.69) is 10.6 Å². The molecule has 0 saturated heterocycles. The lowest BCUT2D eigenvalue weighted by atomic mass is 10.1. The summed E-state index contributed by atoms with van der Waals surface area (Å²) in [6, 6.07) is 18.3. The number of carbonyl (C=O) groups excluding carboxylic acids is 2. The van der Waals surface area contributed by atoms with Crippen molar-refractivity contribution in [1.82, 2.24) is 0 Å². The minimum atomic E-state index is -1.19. The number of nitro groups is 1. The van der Waals surface area contributed by atoms with Gasteiger partial charge in [-0.25, -0.2) is 4.79 Å². The normalized spacial score (nSPS) is 11.3. The van der Waals surface area contributed by atoms with Crippen molar-refractivity contribution in [3.8, 4) is 0 Å². The Balaban J connectivity index is 1.58. The van der Waals surface area contributed by atoms with E-state index in [1.165, 1.54) is 48.2 Å². The number of nitrogens with zero attached hydrogens (tertiary/aromatic N) is 1. The number of aromatic carboxylic acids is 1. The molecule has 0 aromatic heterocycles. The molecule has 0 radical (unpaired) electrons. The lowest BCUT2D eigenvalue weighted by molar-refractivity contribution is -0.384. The van der Waals surface area contributed by atoms with Gasteiger partial charge in [0.2, 0.25) is 5.91 Å². The van der Waals surface area contributed by atoms with Crippen LogP contribution in [0.3, 0.4) is 0 Å². The summed E-state index contributed by atoms with van der Waals surface area (Å²) in [5.41, 5.74) is 0.842. The van der Waals surface area contributed by atoms with Gasteiger partial charge in [-0.1, -0.05) is 12.1 Å². The van der Waals surface area contributed by atoms with E-state index in [1.807, 2.05) is 0 Å². The van der Waals surface area contributed by atoms with Crippen LogP contribution in [0, 0.1) is 10.1 Å². The number of anilines is 2. The number of nitro benzene ring substituents is 1. The fourth-order valence-corrected chi connectivity index (χ4v) is 3.72. The first-order chi connectivity index (χ1) is 15.7. The molecule has 0 spiro atoms. The summed E-state index contributed by atoms with van der Waals surface area (Å²) in [5.74, 6) is -1.99. The molecule has 3 rings (SSSR count). The number of rotatable bonds is 8. The summed E-state index contributed by atoms with van der Waals surface area (Å²) in [6.07, 6.45) is 0. The van der Waals surface area contributed by atoms with E-state index in [4.69, 9.17) is 0 Å². The van der Waals surface area contributed by atoms with Gasteiger partial charge in [0.1, 0.15) is 0 Å². The Morgan fingerprint density at radius 2 is 1.42 bits per heavy atom. The third kappa shape index (κ3) is 6.17. The molecule has 0 fully saturated rings. The van der Waals surface area contributed by atoms with Gasteiger partial charge in [-0.15, -0.1) is 11.8 Å². The van der Waals surface area contributed by atoms with E-state index < -0.39 is 22.0 Å². The van der Waals surface area contributed by atoms with Gasteiger partial charge in [-0.3, -0.25) is 19.7 Å². The second-order valence-electron chi connectivity index (χ2n) is 6.88. The molecule has 168 valence electrons. The predicted octanol–water partition coefficient (Wildman–Crippen LogP) is 4.66. The highest BCUT2D eigenvalue weighted by molar-refractivity contribution is 8.00. The fraction of sp³-hybridized carbons (Fsp3) is 0.0870. The molecule has 0 aliphatic rings. The molecule has 10 heteroatoms. The number of amides is 2. The molecule has 0 unspecified atom stereocenters. The van der Waals surface area contributed by atoms with Gasteiger partial charge >= 0.3 is 5.97 Å². The summed E-state index contributed by atoms with van der Waals surface area (Å²) < 4.78 is 0. The smallest absolute Gasteiger partial charge is 0.336 e. The first-order valence-corrected chi connectivity index (χ1v) is 10.6. The highest BCUT2D eigenvalue weighted by Crippen LogP contribution is 2.26. The van der Waals surface area contributed by atoms with E-state index >= 15 is 0 Å². The molecule has 33 heavy (non-hydrogen) atoms. The van der Waals surface area contributed by atoms with Crippen molar-refractivity contribution < 1.29 is 24.4 Å². The molecular formula is C23H19N3O6S. The number of carboxylic acid groups (broad SMARTS) is 1. The van der Waals surface area contributed by atoms with E-state index in [1.54, 1.807) is 43.3 Å². The SMILES string of the molecule is C[C@H](Sc1ccc(NC(=O)c2ccccc2C(=O)O)cc1)C(=O)Nc1ccc([N+](=O)[O-])cc1. The van der Waals surface area contributed by atoms with Crippen molar-refractivity contribution in [3.05, 3.63) is 94.0 Å². The van der Waals surface area contributed by atoms with Gasteiger partial charge in [0.15, 0.2) is 0 Å². The second kappa shape index (κ2) is 10.4. The maximum atomic E-state index is 12.5. The van der Waals surface area contributed by atoms with Gasteiger partial charge in [0.05, 0.1) is 21.3 Å². The second-order valence-corrected chi connectivity index (χ2v) is 8.30. The number of carboxylic acids is 1. The van der Waals surface area contributed by atoms with Crippen LogP contribution in [0.25, 0.3) is 0 Å². The average molecular weight is 465 g/mol. The molecule has 3 aromatic carbocycles. The summed E-state index contributed by atoms with van der Waals surface area (Å²) in [6.45, 7) is 1.73. The molecule has 9 nitrogen and oxygen atoms in total. The Morgan fingerprint density at radius 3 is 2.00 bits per heavy atom. The zero-order valence-corrected chi connectivity index (χ0v) is 18.2. The molecule has 0 saturated carbocycles. The number of hydrogen-bond acceptors (Lipinski definition) is 6. The molecular weight excluding hydrogens is 446 g/mol. The molecule has 0 aliphatic heterocycles. The van der Waals surface area contributed by atoms with Crippen LogP contribution in [0.5, 0.6) is 0 Å². The van der Waals surface area contributed by atoms with Crippen LogP contribution >= 0.6 is 11.8 Å². The van der Waals surface area contributed by atoms with Gasteiger partial charge in [0.25, 0.3) is 11.6 Å². The Hall–Kier alpha value is -4.18. The van der Waals surface area contributed by atoms with E-state index in [-0.39, 0.29) is 22.7 Å². The van der Waals surface area contributed by atoms with E-state index in [0.29, 0.717) is 11.4 Å². The van der Waals surface area contributed by atoms with Crippen molar-refractivity contribution in [3.63, 3.8) is 0 Å². The summed E-state index contributed by atoms with van der Waals surface area (Å²) in [7, 11) is 0. The standard InChI is InChI=1S/C23H19N3O6S/c1-14(21(27)24-15-6-10-17(11-7-15)26(31)32)33-18-12-8-16(9-13-18)25-22(28)19-4-2-3-5-20(19)23(29)30/h2-14H,1H3,(H,24,27)(H,25,28)(H,29,30)/t14-/m0/s1. The largest absolute Gasteiger partial charge is 0.478 e. The lowest BCUT2D eigenvalue weighted by Gasteiger charge is -2.13. The third-order valence-electron chi connectivity index (χ3n) is 4.54. The molecule has 2 amide bonds. The Kier molecular flexibility index (Phi) is 7.42. The average Bonchev–Trinajstić information content (AvgIpc) is 2.80. The van der Waals surface area contributed by atoms with E-state index in [0.717, 1.165) is 4.90 Å². The quantitative estimate of drug-likeness (QED) is 0.250. The van der Waals surface area contributed by atoms with E-state index in [9.17, 15) is 29.6 Å². The number of hydrogen-bond donors (Lipinski definition) is 3. The number of non-ortho nitro benzene ring substituents is 1. The molecule has 3 aromatic rings. The van der Waals surface area contributed by atoms with Crippen molar-refractivity contribution >= 4 is 46.6 Å². The van der Waals surface area contributed by atoms with Crippen LogP contribution in [0.2, 0.25) is 0 Å². The molecule has 0 heterocycles. The monoisotopic (exact) mass is 465 g/mol. The fourth-order valence-electron chi connectivity index (χ4n) is 2.85. The minimum Gasteiger partial charge on any atom is -0.478 e. The Bertz CT molecular complexity index is 1200. The van der Waals surface area contributed by atoms with Crippen LogP contribution in [0.1, 0.15) is 27.6 Å². The van der Waals surface area contributed by atoms with Gasteiger partial charge in [0, 0.05) is 28.4 Å². The first-order valence-electron chi connectivity index (χ1n) is 9.70. The Labute approximate surface area is 193 Å². The van der Waals surface area contributed by atoms with Gasteiger partial charge < -0.3 is 15.7 Å². The van der Waals surface area contributed by atoms with Crippen molar-refractivity contribution in [2.45, 2.75) is 17.1 Å². The predicted molar refractivity (Wildman–Crippen MR) is 125 cm³/mol. The van der Waals surface area contributed by atoms with Crippen molar-refractivity contribution in [1.29, 1.82) is 0 Å². The topological polar surface area (TPSA) is 139 Å². The first kappa shape index (κ1) is 23.5. The number of carbonyl (C=O) groups is 3. The van der Waals surface area contributed by atoms with Crippen LogP contribution in [0.15, 0.2) is 77.7 Å². The Morgan fingerprint density at radius 1 is 0.879 bits per heavy atom. The summed E-state index contributed by atoms with van der Waals surface area (Å²) in [4.78, 5) is 47.2. The number of thioether (sulfide) groups is 1. The maximum absolute atomic E-state index is 12.5. The lowest BCUT2D eigenvalue weighted by Crippen LogP contribution is -2.22. The summed E-state index contributed by atoms with van der Waals surface area (Å²) >= 11 is 1.30. The van der Waals surface area contributed by atoms with Gasteiger partial charge in [-0.05, 0) is 55.5 Å². The minimum absolute atomic E-state index is 0.0555. The zero-order chi connectivity index (χ0) is 24.0. The maximum Gasteiger partial charge on any atom is 0.336 e. The molecule has 0 bridgehead atoms. The van der Waals surface area contributed by atoms with Gasteiger partial charge in [-0.2, -0.15) is 0 Å². The van der Waals surface area contributed by atoms with Crippen LogP contribution < -0.4 is 10.6 Å². The van der Waals surface area contributed by atoms with Crippen LogP contribution in [-0.2, 0) is 4.79 Å². The molecule has 0 aliphatic carbocycles. The third-order valence-corrected chi connectivity index (χ3v) is 5.65. The van der Waals surface area contributed by atoms with Crippen molar-refractivity contribution in [2.24, 2.45) is 0 Å². The molecule has 3 N–H and O–H groups in total. The number of benzene rings is 3.